The second kappa shape index (κ2) is 7.87. The fraction of sp³-hybridized carbons (Fsp3) is 0.300. The van der Waals surface area contributed by atoms with Gasteiger partial charge in [-0.05, 0) is 43.5 Å². The molecule has 3 rings (SSSR count). The SMILES string of the molecule is Cc1ccccc1C(=O)N1CCC(C(=O)Nc2cccc(Cl)c2F)CC1. The zero-order valence-electron chi connectivity index (χ0n) is 14.5. The highest BCUT2D eigenvalue weighted by molar-refractivity contribution is 6.31. The molecule has 0 saturated carbocycles. The molecule has 2 aromatic carbocycles. The predicted molar refractivity (Wildman–Crippen MR) is 99.8 cm³/mol. The van der Waals surface area contributed by atoms with Crippen molar-refractivity contribution >= 4 is 29.1 Å². The van der Waals surface area contributed by atoms with Crippen LogP contribution in [0.3, 0.4) is 0 Å². The van der Waals surface area contributed by atoms with Crippen molar-refractivity contribution in [2.75, 3.05) is 18.4 Å². The largest absolute Gasteiger partial charge is 0.339 e. The van der Waals surface area contributed by atoms with Crippen LogP contribution in [0.25, 0.3) is 0 Å². The third-order valence-electron chi connectivity index (χ3n) is 4.74. The molecule has 2 aromatic rings. The molecule has 0 unspecified atom stereocenters. The van der Waals surface area contributed by atoms with E-state index in [4.69, 9.17) is 11.6 Å². The Hall–Kier alpha value is -2.40. The van der Waals surface area contributed by atoms with Gasteiger partial charge in [0.05, 0.1) is 10.7 Å². The van der Waals surface area contributed by atoms with E-state index in [2.05, 4.69) is 5.32 Å². The number of benzene rings is 2. The van der Waals surface area contributed by atoms with Crippen LogP contribution in [0.1, 0.15) is 28.8 Å². The summed E-state index contributed by atoms with van der Waals surface area (Å²) in [6, 6.07) is 12.0. The Kier molecular flexibility index (Phi) is 5.57. The smallest absolute Gasteiger partial charge is 0.254 e. The molecule has 0 radical (unpaired) electrons. The molecule has 2 amide bonds. The number of hydrogen-bond acceptors (Lipinski definition) is 2. The molecule has 1 heterocycles. The molecule has 1 fully saturated rings. The zero-order valence-corrected chi connectivity index (χ0v) is 15.2. The summed E-state index contributed by atoms with van der Waals surface area (Å²) >= 11 is 5.74. The van der Waals surface area contributed by atoms with E-state index >= 15 is 0 Å². The van der Waals surface area contributed by atoms with Crippen molar-refractivity contribution in [3.63, 3.8) is 0 Å². The highest BCUT2D eigenvalue weighted by Crippen LogP contribution is 2.25. The van der Waals surface area contributed by atoms with E-state index in [0.29, 0.717) is 31.5 Å². The molecule has 0 atom stereocenters. The molecule has 1 aliphatic heterocycles. The van der Waals surface area contributed by atoms with Crippen LogP contribution in [0.15, 0.2) is 42.5 Å². The molecule has 0 bridgehead atoms. The van der Waals surface area contributed by atoms with E-state index in [1.165, 1.54) is 12.1 Å². The number of rotatable bonds is 3. The molecule has 1 N–H and O–H groups in total. The predicted octanol–water partition coefficient (Wildman–Crippen LogP) is 4.28. The van der Waals surface area contributed by atoms with E-state index in [1.807, 2.05) is 31.2 Å². The topological polar surface area (TPSA) is 49.4 Å². The lowest BCUT2D eigenvalue weighted by molar-refractivity contribution is -0.121. The standard InChI is InChI=1S/C20H20ClFN2O2/c1-13-5-2-3-6-15(13)20(26)24-11-9-14(10-12-24)19(25)23-17-8-4-7-16(21)18(17)22/h2-8,14H,9-12H2,1H3,(H,23,25). The van der Waals surface area contributed by atoms with Crippen LogP contribution in [0, 0.1) is 18.7 Å². The van der Waals surface area contributed by atoms with Crippen molar-refractivity contribution in [3.05, 3.63) is 64.4 Å². The number of nitrogens with one attached hydrogen (secondary N) is 1. The molecule has 0 spiro atoms. The van der Waals surface area contributed by atoms with Crippen molar-refractivity contribution in [2.24, 2.45) is 5.92 Å². The maximum absolute atomic E-state index is 13.9. The molecule has 1 saturated heterocycles. The summed E-state index contributed by atoms with van der Waals surface area (Å²) < 4.78 is 13.9. The lowest BCUT2D eigenvalue weighted by atomic mass is 9.95. The molecule has 6 heteroatoms. The van der Waals surface area contributed by atoms with Gasteiger partial charge in [-0.3, -0.25) is 9.59 Å². The third-order valence-corrected chi connectivity index (χ3v) is 5.03. The lowest BCUT2D eigenvalue weighted by Crippen LogP contribution is -2.41. The number of aryl methyl sites for hydroxylation is 1. The number of likely N-dealkylation sites (tertiary alicyclic amines) is 1. The number of halogens is 2. The Labute approximate surface area is 157 Å². The van der Waals surface area contributed by atoms with Crippen LogP contribution < -0.4 is 5.32 Å². The fourth-order valence-electron chi connectivity index (χ4n) is 3.16. The Morgan fingerprint density at radius 2 is 1.81 bits per heavy atom. The average Bonchev–Trinajstić information content (AvgIpc) is 2.65. The molecule has 26 heavy (non-hydrogen) atoms. The number of anilines is 1. The summed E-state index contributed by atoms with van der Waals surface area (Å²) in [7, 11) is 0. The van der Waals surface area contributed by atoms with E-state index in [-0.39, 0.29) is 28.4 Å². The summed E-state index contributed by atoms with van der Waals surface area (Å²) in [6.07, 6.45) is 1.09. The number of nitrogens with zero attached hydrogens (tertiary/aromatic N) is 1. The fourth-order valence-corrected chi connectivity index (χ4v) is 3.34. The molecule has 0 aliphatic carbocycles. The maximum Gasteiger partial charge on any atom is 0.254 e. The summed E-state index contributed by atoms with van der Waals surface area (Å²) in [5.74, 6) is -1.14. The Balaban J connectivity index is 1.60. The van der Waals surface area contributed by atoms with E-state index < -0.39 is 5.82 Å². The average molecular weight is 375 g/mol. The second-order valence-electron chi connectivity index (χ2n) is 6.47. The van der Waals surface area contributed by atoms with Crippen molar-refractivity contribution in [1.29, 1.82) is 0 Å². The first-order chi connectivity index (χ1) is 12.5. The molecule has 4 nitrogen and oxygen atoms in total. The van der Waals surface area contributed by atoms with Gasteiger partial charge in [-0.2, -0.15) is 0 Å². The normalized spacial score (nSPS) is 15.0. The van der Waals surface area contributed by atoms with Crippen LogP contribution in [-0.2, 0) is 4.79 Å². The van der Waals surface area contributed by atoms with Gasteiger partial charge < -0.3 is 10.2 Å². The first-order valence-corrected chi connectivity index (χ1v) is 8.95. The molecular weight excluding hydrogens is 355 g/mol. The number of hydrogen-bond donors (Lipinski definition) is 1. The van der Waals surface area contributed by atoms with Crippen LogP contribution in [-0.4, -0.2) is 29.8 Å². The van der Waals surface area contributed by atoms with E-state index in [1.54, 1.807) is 11.0 Å². The Bertz CT molecular complexity index is 832. The highest BCUT2D eigenvalue weighted by Gasteiger charge is 2.28. The van der Waals surface area contributed by atoms with Gasteiger partial charge >= 0.3 is 0 Å². The maximum atomic E-state index is 13.9. The van der Waals surface area contributed by atoms with Gasteiger partial charge in [-0.15, -0.1) is 0 Å². The molecular formula is C20H20ClFN2O2. The summed E-state index contributed by atoms with van der Waals surface area (Å²) in [4.78, 5) is 26.8. The van der Waals surface area contributed by atoms with Gasteiger partial charge in [0.1, 0.15) is 0 Å². The number of amides is 2. The Morgan fingerprint density at radius 1 is 1.12 bits per heavy atom. The van der Waals surface area contributed by atoms with E-state index in [9.17, 15) is 14.0 Å². The van der Waals surface area contributed by atoms with Crippen LogP contribution >= 0.6 is 11.6 Å². The molecule has 136 valence electrons. The minimum absolute atomic E-state index is 0.0113. The number of piperidine rings is 1. The van der Waals surface area contributed by atoms with E-state index in [0.717, 1.165) is 5.56 Å². The third kappa shape index (κ3) is 3.88. The van der Waals surface area contributed by atoms with Crippen LogP contribution in [0.4, 0.5) is 10.1 Å². The first kappa shape index (κ1) is 18.4. The highest BCUT2D eigenvalue weighted by atomic mass is 35.5. The second-order valence-corrected chi connectivity index (χ2v) is 6.88. The summed E-state index contributed by atoms with van der Waals surface area (Å²) in [5, 5.41) is 2.58. The van der Waals surface area contributed by atoms with Crippen molar-refractivity contribution in [1.82, 2.24) is 4.90 Å². The zero-order chi connectivity index (χ0) is 18.7. The quantitative estimate of drug-likeness (QED) is 0.871. The van der Waals surface area contributed by atoms with Gasteiger partial charge in [0.15, 0.2) is 5.82 Å². The minimum atomic E-state index is -0.630. The number of carbonyl (C=O) groups excluding carboxylic acids is 2. The van der Waals surface area contributed by atoms with Gasteiger partial charge in [0, 0.05) is 24.6 Å². The molecule has 0 aromatic heterocycles. The molecule has 1 aliphatic rings. The first-order valence-electron chi connectivity index (χ1n) is 8.57. The van der Waals surface area contributed by atoms with Gasteiger partial charge in [0.2, 0.25) is 5.91 Å². The minimum Gasteiger partial charge on any atom is -0.339 e. The van der Waals surface area contributed by atoms with Crippen molar-refractivity contribution in [3.8, 4) is 0 Å². The lowest BCUT2D eigenvalue weighted by Gasteiger charge is -2.31. The van der Waals surface area contributed by atoms with Crippen molar-refractivity contribution in [2.45, 2.75) is 19.8 Å². The van der Waals surface area contributed by atoms with Gasteiger partial charge in [-0.25, -0.2) is 4.39 Å². The monoisotopic (exact) mass is 374 g/mol. The van der Waals surface area contributed by atoms with Gasteiger partial charge in [0.25, 0.3) is 5.91 Å². The summed E-state index contributed by atoms with van der Waals surface area (Å²) in [6.45, 7) is 2.92. The number of carbonyl (C=O) groups is 2. The van der Waals surface area contributed by atoms with Gasteiger partial charge in [-0.1, -0.05) is 35.9 Å². The summed E-state index contributed by atoms with van der Waals surface area (Å²) in [5.41, 5.74) is 1.71. The Morgan fingerprint density at radius 3 is 2.50 bits per heavy atom. The van der Waals surface area contributed by atoms with Crippen molar-refractivity contribution < 1.29 is 14.0 Å². The van der Waals surface area contributed by atoms with Crippen LogP contribution in [0.5, 0.6) is 0 Å². The van der Waals surface area contributed by atoms with Crippen LogP contribution in [0.2, 0.25) is 5.02 Å².